The predicted molar refractivity (Wildman–Crippen MR) is 87.2 cm³/mol. The SMILES string of the molecule is O=C(NCCCO)c1cccc(S(=O)(=O)C(Br)(Br)Br)c1. The van der Waals surface area contributed by atoms with Crippen molar-refractivity contribution in [1.29, 1.82) is 0 Å². The lowest BCUT2D eigenvalue weighted by Crippen LogP contribution is -2.25. The number of carbonyl (C=O) groups is 1. The molecule has 1 rings (SSSR count). The van der Waals surface area contributed by atoms with Gasteiger partial charge in [-0.05, 0) is 72.4 Å². The number of rotatable bonds is 5. The van der Waals surface area contributed by atoms with Crippen molar-refractivity contribution in [2.75, 3.05) is 13.2 Å². The van der Waals surface area contributed by atoms with Crippen molar-refractivity contribution >= 4 is 63.5 Å². The Labute approximate surface area is 142 Å². The Morgan fingerprint density at radius 3 is 2.50 bits per heavy atom. The molecular formula is C11H12Br3NO4S. The highest BCUT2D eigenvalue weighted by molar-refractivity contribution is 9.42. The third-order valence-electron chi connectivity index (χ3n) is 2.33. The first-order chi connectivity index (χ1) is 9.20. The third-order valence-corrected chi connectivity index (χ3v) is 7.65. The molecule has 0 radical (unpaired) electrons. The minimum atomic E-state index is -3.73. The van der Waals surface area contributed by atoms with Crippen LogP contribution in [0, 0.1) is 0 Å². The molecule has 5 nitrogen and oxygen atoms in total. The van der Waals surface area contributed by atoms with E-state index in [-0.39, 0.29) is 23.0 Å². The Balaban J connectivity index is 3.00. The van der Waals surface area contributed by atoms with Gasteiger partial charge in [-0.1, -0.05) is 6.07 Å². The molecule has 0 spiro atoms. The second-order valence-electron chi connectivity index (χ2n) is 3.81. The Morgan fingerprint density at radius 1 is 1.30 bits per heavy atom. The summed E-state index contributed by atoms with van der Waals surface area (Å²) in [6, 6.07) is 5.71. The number of alkyl halides is 3. The number of carbonyl (C=O) groups excluding carboxylic acids is 1. The van der Waals surface area contributed by atoms with E-state index < -0.39 is 11.3 Å². The van der Waals surface area contributed by atoms with Crippen LogP contribution in [0.3, 0.4) is 0 Å². The monoisotopic (exact) mass is 491 g/mol. The van der Waals surface area contributed by atoms with E-state index in [2.05, 4.69) is 53.1 Å². The van der Waals surface area contributed by atoms with Crippen LogP contribution < -0.4 is 5.32 Å². The minimum Gasteiger partial charge on any atom is -0.396 e. The van der Waals surface area contributed by atoms with Crippen LogP contribution in [-0.2, 0) is 9.84 Å². The van der Waals surface area contributed by atoms with Crippen LogP contribution in [0.4, 0.5) is 0 Å². The lowest BCUT2D eigenvalue weighted by Gasteiger charge is -2.14. The molecule has 1 amide bonds. The summed E-state index contributed by atoms with van der Waals surface area (Å²) in [6.45, 7) is 0.305. The first-order valence-corrected chi connectivity index (χ1v) is 9.37. The lowest BCUT2D eigenvalue weighted by molar-refractivity contribution is 0.0951. The van der Waals surface area contributed by atoms with Crippen LogP contribution in [0.2, 0.25) is 0 Å². The van der Waals surface area contributed by atoms with Gasteiger partial charge in [-0.2, -0.15) is 0 Å². The second-order valence-corrected chi connectivity index (χ2v) is 14.2. The molecule has 0 heterocycles. The first-order valence-electron chi connectivity index (χ1n) is 5.50. The van der Waals surface area contributed by atoms with E-state index in [1.807, 2.05) is 0 Å². The van der Waals surface area contributed by atoms with Crippen LogP contribution in [0.1, 0.15) is 16.8 Å². The number of aliphatic hydroxyl groups is 1. The minimum absolute atomic E-state index is 0.00191. The Bertz CT molecular complexity index is 584. The molecule has 112 valence electrons. The smallest absolute Gasteiger partial charge is 0.251 e. The van der Waals surface area contributed by atoms with Crippen molar-refractivity contribution in [1.82, 2.24) is 5.32 Å². The van der Waals surface area contributed by atoms with Crippen LogP contribution >= 0.6 is 47.8 Å². The highest BCUT2D eigenvalue weighted by Crippen LogP contribution is 2.43. The number of aliphatic hydroxyl groups excluding tert-OH is 1. The number of nitrogens with one attached hydrogen (secondary N) is 1. The molecule has 0 unspecified atom stereocenters. The molecule has 9 heteroatoms. The van der Waals surface area contributed by atoms with Crippen molar-refractivity contribution in [3.63, 3.8) is 0 Å². The van der Waals surface area contributed by atoms with Gasteiger partial charge < -0.3 is 10.4 Å². The molecule has 1 aromatic rings. The van der Waals surface area contributed by atoms with Crippen molar-refractivity contribution in [2.24, 2.45) is 0 Å². The molecule has 0 fully saturated rings. The number of halogens is 3. The maximum Gasteiger partial charge on any atom is 0.251 e. The predicted octanol–water partition coefficient (Wildman–Crippen LogP) is 2.37. The van der Waals surface area contributed by atoms with Crippen molar-refractivity contribution in [3.05, 3.63) is 29.8 Å². The van der Waals surface area contributed by atoms with Crippen molar-refractivity contribution in [3.8, 4) is 0 Å². The van der Waals surface area contributed by atoms with Crippen LogP contribution in [-0.4, -0.2) is 34.1 Å². The Kier molecular flexibility index (Phi) is 6.65. The van der Waals surface area contributed by atoms with Gasteiger partial charge in [0.05, 0.1) is 4.90 Å². The number of hydrogen-bond donors (Lipinski definition) is 2. The van der Waals surface area contributed by atoms with Gasteiger partial charge in [0.25, 0.3) is 5.91 Å². The second kappa shape index (κ2) is 7.35. The highest BCUT2D eigenvalue weighted by atomic mass is 80.0. The molecule has 0 aliphatic heterocycles. The average molecular weight is 494 g/mol. The molecule has 2 N–H and O–H groups in total. The fourth-order valence-corrected chi connectivity index (χ4v) is 3.81. The maximum atomic E-state index is 12.2. The molecule has 0 atom stereocenters. The Morgan fingerprint density at radius 2 is 1.95 bits per heavy atom. The summed E-state index contributed by atoms with van der Waals surface area (Å²) in [5.74, 6) is -0.389. The standard InChI is InChI=1S/C11H12Br3NO4S/c12-11(13,14)20(18,19)9-4-1-3-8(7-9)10(17)15-5-2-6-16/h1,3-4,7,16H,2,5-6H2,(H,15,17). The molecule has 0 bridgehead atoms. The lowest BCUT2D eigenvalue weighted by atomic mass is 10.2. The number of sulfone groups is 1. The largest absolute Gasteiger partial charge is 0.396 e. The zero-order valence-electron chi connectivity index (χ0n) is 10.1. The average Bonchev–Trinajstić information content (AvgIpc) is 2.37. The van der Waals surface area contributed by atoms with Crippen molar-refractivity contribution < 1.29 is 18.3 Å². The summed E-state index contributed by atoms with van der Waals surface area (Å²) < 4.78 is 22.9. The van der Waals surface area contributed by atoms with E-state index in [4.69, 9.17) is 5.11 Å². The quantitative estimate of drug-likeness (QED) is 0.487. The maximum absolute atomic E-state index is 12.2. The summed E-state index contributed by atoms with van der Waals surface area (Å²) in [4.78, 5) is 11.8. The van der Waals surface area contributed by atoms with E-state index in [0.29, 0.717) is 13.0 Å². The van der Waals surface area contributed by atoms with Gasteiger partial charge in [-0.25, -0.2) is 8.42 Å². The van der Waals surface area contributed by atoms with E-state index in [1.54, 1.807) is 0 Å². The fraction of sp³-hybridized carbons (Fsp3) is 0.364. The van der Waals surface area contributed by atoms with Gasteiger partial charge in [-0.3, -0.25) is 4.79 Å². The topological polar surface area (TPSA) is 83.5 Å². The molecule has 0 aliphatic rings. The normalized spacial score (nSPS) is 12.2. The molecule has 1 aromatic carbocycles. The number of amides is 1. The molecule has 0 aromatic heterocycles. The summed E-state index contributed by atoms with van der Waals surface area (Å²) in [5, 5.41) is 11.2. The van der Waals surface area contributed by atoms with Gasteiger partial charge in [0.15, 0.2) is 0 Å². The molecule has 0 aliphatic carbocycles. The summed E-state index contributed by atoms with van der Waals surface area (Å²) in [5.41, 5.74) is 0.237. The molecule has 20 heavy (non-hydrogen) atoms. The highest BCUT2D eigenvalue weighted by Gasteiger charge is 2.37. The number of hydrogen-bond acceptors (Lipinski definition) is 4. The van der Waals surface area contributed by atoms with Gasteiger partial charge in [0.1, 0.15) is 0 Å². The van der Waals surface area contributed by atoms with Gasteiger partial charge in [-0.15, -0.1) is 0 Å². The fourth-order valence-electron chi connectivity index (χ4n) is 1.32. The van der Waals surface area contributed by atoms with Crippen molar-refractivity contribution in [2.45, 2.75) is 12.8 Å². The van der Waals surface area contributed by atoms with E-state index >= 15 is 0 Å². The summed E-state index contributed by atoms with van der Waals surface area (Å²) in [6.07, 6.45) is 0.442. The van der Waals surface area contributed by atoms with Crippen LogP contribution in [0.5, 0.6) is 0 Å². The van der Waals surface area contributed by atoms with Crippen LogP contribution in [0.15, 0.2) is 29.2 Å². The van der Waals surface area contributed by atoms with E-state index in [1.165, 1.54) is 24.3 Å². The summed E-state index contributed by atoms with van der Waals surface area (Å²) in [7, 11) is -3.73. The van der Waals surface area contributed by atoms with E-state index in [0.717, 1.165) is 0 Å². The van der Waals surface area contributed by atoms with Crippen LogP contribution in [0.25, 0.3) is 0 Å². The zero-order valence-corrected chi connectivity index (χ0v) is 15.7. The van der Waals surface area contributed by atoms with Gasteiger partial charge in [0, 0.05) is 18.7 Å². The zero-order chi connectivity index (χ0) is 15.4. The Hall–Kier alpha value is 0.0400. The first kappa shape index (κ1) is 18.1. The molecular weight excluding hydrogens is 482 g/mol. The molecule has 0 saturated carbocycles. The van der Waals surface area contributed by atoms with Gasteiger partial charge in [0.2, 0.25) is 11.3 Å². The third kappa shape index (κ3) is 4.52. The van der Waals surface area contributed by atoms with Gasteiger partial charge >= 0.3 is 0 Å². The summed E-state index contributed by atoms with van der Waals surface area (Å²) >= 11 is 8.90. The number of benzene rings is 1. The molecule has 0 saturated heterocycles. The van der Waals surface area contributed by atoms with E-state index in [9.17, 15) is 13.2 Å².